The number of alkyl halides is 2. The maximum absolute atomic E-state index is 10.2. The summed E-state index contributed by atoms with van der Waals surface area (Å²) in [4.78, 5) is -0.859. The van der Waals surface area contributed by atoms with Gasteiger partial charge in [-0.3, -0.25) is 4.55 Å². The van der Waals surface area contributed by atoms with Crippen molar-refractivity contribution in [1.82, 2.24) is 4.72 Å². The average molecular weight is 222 g/mol. The zero-order chi connectivity index (χ0) is 9.07. The third kappa shape index (κ3) is 5.69. The lowest BCUT2D eigenvalue weighted by Gasteiger charge is -2.14. The van der Waals surface area contributed by atoms with Crippen LogP contribution in [0.5, 0.6) is 0 Å². The highest BCUT2D eigenvalue weighted by Gasteiger charge is 2.19. The van der Waals surface area contributed by atoms with Crippen LogP contribution in [0.4, 0.5) is 0 Å². The fourth-order valence-electron chi connectivity index (χ4n) is 0.504. The lowest BCUT2D eigenvalue weighted by atomic mass is 10.3. The third-order valence-corrected chi connectivity index (χ3v) is 2.25. The normalized spacial score (nSPS) is 15.4. The third-order valence-electron chi connectivity index (χ3n) is 1.04. The van der Waals surface area contributed by atoms with Crippen LogP contribution < -0.4 is 4.72 Å². The van der Waals surface area contributed by atoms with Gasteiger partial charge in [0.15, 0.2) is 0 Å². The smallest absolute Gasteiger partial charge is 0.273 e. The van der Waals surface area contributed by atoms with Crippen molar-refractivity contribution in [1.29, 1.82) is 0 Å². The Labute approximate surface area is 75.8 Å². The first-order valence-corrected chi connectivity index (χ1v) is 5.21. The molecule has 0 aliphatic rings. The van der Waals surface area contributed by atoms with Crippen LogP contribution in [0, 0.1) is 0 Å². The van der Waals surface area contributed by atoms with Gasteiger partial charge in [0.2, 0.25) is 0 Å². The zero-order valence-electron chi connectivity index (χ0n) is 5.79. The minimum absolute atomic E-state index is 0.414. The Morgan fingerprint density at radius 3 is 2.09 bits per heavy atom. The second-order valence-electron chi connectivity index (χ2n) is 1.94. The molecule has 0 saturated carbocycles. The molecule has 0 bridgehead atoms. The molecule has 0 amide bonds. The molecule has 4 nitrogen and oxygen atoms in total. The standard InChI is InChI=1S/C4H9Cl2NO3S/c1-2-3(4(5)6)7-11(8,9)10/h3-4,7H,2H2,1H3,(H,8,9,10). The van der Waals surface area contributed by atoms with Gasteiger partial charge in [-0.25, -0.2) is 0 Å². The summed E-state index contributed by atoms with van der Waals surface area (Å²) >= 11 is 10.8. The van der Waals surface area contributed by atoms with Crippen molar-refractivity contribution >= 4 is 33.5 Å². The van der Waals surface area contributed by atoms with Crippen LogP contribution >= 0.6 is 23.2 Å². The van der Waals surface area contributed by atoms with Gasteiger partial charge in [-0.1, -0.05) is 6.92 Å². The summed E-state index contributed by atoms with van der Waals surface area (Å²) in [6, 6.07) is -0.645. The van der Waals surface area contributed by atoms with Gasteiger partial charge < -0.3 is 0 Å². The first-order valence-electron chi connectivity index (χ1n) is 2.89. The zero-order valence-corrected chi connectivity index (χ0v) is 8.12. The van der Waals surface area contributed by atoms with E-state index >= 15 is 0 Å². The molecule has 0 spiro atoms. The van der Waals surface area contributed by atoms with Crippen molar-refractivity contribution in [3.63, 3.8) is 0 Å². The maximum Gasteiger partial charge on any atom is 0.333 e. The van der Waals surface area contributed by atoms with Crippen molar-refractivity contribution in [3.8, 4) is 0 Å². The molecular weight excluding hydrogens is 213 g/mol. The van der Waals surface area contributed by atoms with Gasteiger partial charge >= 0.3 is 10.3 Å². The molecule has 11 heavy (non-hydrogen) atoms. The highest BCUT2D eigenvalue weighted by molar-refractivity contribution is 7.83. The monoisotopic (exact) mass is 221 g/mol. The summed E-state index contributed by atoms with van der Waals surface area (Å²) in [5.74, 6) is 0. The quantitative estimate of drug-likeness (QED) is 0.550. The van der Waals surface area contributed by atoms with Gasteiger partial charge in [0, 0.05) is 0 Å². The Balaban J connectivity index is 4.10. The van der Waals surface area contributed by atoms with Gasteiger partial charge in [-0.15, -0.1) is 23.2 Å². The van der Waals surface area contributed by atoms with E-state index in [2.05, 4.69) is 0 Å². The topological polar surface area (TPSA) is 66.4 Å². The van der Waals surface area contributed by atoms with Crippen LogP contribution in [0.2, 0.25) is 0 Å². The van der Waals surface area contributed by atoms with Crippen molar-refractivity contribution in [2.45, 2.75) is 24.2 Å². The molecule has 68 valence electrons. The molecule has 0 aromatic carbocycles. The molecule has 0 fully saturated rings. The Hall–Kier alpha value is 0.450. The second-order valence-corrected chi connectivity index (χ2v) is 4.29. The molecule has 7 heteroatoms. The van der Waals surface area contributed by atoms with Gasteiger partial charge in [0.25, 0.3) is 0 Å². The van der Waals surface area contributed by atoms with Crippen LogP contribution in [-0.2, 0) is 10.3 Å². The molecule has 1 unspecified atom stereocenters. The lowest BCUT2D eigenvalue weighted by Crippen LogP contribution is -2.38. The highest BCUT2D eigenvalue weighted by atomic mass is 35.5. The lowest BCUT2D eigenvalue weighted by molar-refractivity contribution is 0.451. The van der Waals surface area contributed by atoms with Gasteiger partial charge in [-0.05, 0) is 6.42 Å². The second kappa shape index (κ2) is 4.47. The molecule has 1 atom stereocenters. The molecule has 0 aliphatic heterocycles. The fourth-order valence-corrected chi connectivity index (χ4v) is 1.82. The largest absolute Gasteiger partial charge is 0.333 e. The average Bonchev–Trinajstić information content (AvgIpc) is 1.80. The minimum Gasteiger partial charge on any atom is -0.273 e. The van der Waals surface area contributed by atoms with E-state index in [1.54, 1.807) is 6.92 Å². The predicted molar refractivity (Wildman–Crippen MR) is 44.3 cm³/mol. The summed E-state index contributed by atoms with van der Waals surface area (Å²) in [5.41, 5.74) is 0. The SMILES string of the molecule is CCC(NS(=O)(=O)O)C(Cl)Cl. The van der Waals surface area contributed by atoms with E-state index in [0.717, 1.165) is 0 Å². The Kier molecular flexibility index (Phi) is 4.65. The first kappa shape index (κ1) is 11.4. The molecule has 0 rings (SSSR count). The van der Waals surface area contributed by atoms with E-state index < -0.39 is 21.2 Å². The van der Waals surface area contributed by atoms with Gasteiger partial charge in [0.05, 0.1) is 6.04 Å². The van der Waals surface area contributed by atoms with Crippen LogP contribution in [0.1, 0.15) is 13.3 Å². The first-order chi connectivity index (χ1) is 4.87. The molecule has 0 heterocycles. The number of halogens is 2. The molecule has 0 aliphatic carbocycles. The minimum atomic E-state index is -4.20. The van der Waals surface area contributed by atoms with Crippen molar-refractivity contribution < 1.29 is 13.0 Å². The van der Waals surface area contributed by atoms with Crippen molar-refractivity contribution in [2.24, 2.45) is 0 Å². The van der Waals surface area contributed by atoms with E-state index in [-0.39, 0.29) is 0 Å². The highest BCUT2D eigenvalue weighted by Crippen LogP contribution is 2.11. The molecule has 0 aromatic heterocycles. The van der Waals surface area contributed by atoms with E-state index in [0.29, 0.717) is 6.42 Å². The van der Waals surface area contributed by atoms with Crippen molar-refractivity contribution in [3.05, 3.63) is 0 Å². The van der Waals surface area contributed by atoms with Crippen molar-refractivity contribution in [2.75, 3.05) is 0 Å². The maximum atomic E-state index is 10.2. The molecule has 2 N–H and O–H groups in total. The predicted octanol–water partition coefficient (Wildman–Crippen LogP) is 0.961. The van der Waals surface area contributed by atoms with E-state index in [4.69, 9.17) is 27.8 Å². The Morgan fingerprint density at radius 2 is 2.00 bits per heavy atom. The number of rotatable bonds is 4. The summed E-state index contributed by atoms with van der Waals surface area (Å²) in [7, 11) is -4.20. The summed E-state index contributed by atoms with van der Waals surface area (Å²) in [6.45, 7) is 1.70. The molecule has 0 aromatic rings. The number of hydrogen-bond acceptors (Lipinski definition) is 2. The van der Waals surface area contributed by atoms with E-state index in [1.165, 1.54) is 0 Å². The van der Waals surface area contributed by atoms with Gasteiger partial charge in [-0.2, -0.15) is 13.1 Å². The number of hydrogen-bond donors (Lipinski definition) is 2. The van der Waals surface area contributed by atoms with Crippen LogP contribution in [0.3, 0.4) is 0 Å². The summed E-state index contributed by atoms with van der Waals surface area (Å²) in [6.07, 6.45) is 0.414. The van der Waals surface area contributed by atoms with Crippen LogP contribution in [-0.4, -0.2) is 23.8 Å². The van der Waals surface area contributed by atoms with Crippen LogP contribution in [0.15, 0.2) is 0 Å². The van der Waals surface area contributed by atoms with Crippen LogP contribution in [0.25, 0.3) is 0 Å². The molecular formula is C4H9Cl2NO3S. The summed E-state index contributed by atoms with van der Waals surface area (Å²) in [5, 5.41) is 0. The van der Waals surface area contributed by atoms with E-state index in [9.17, 15) is 8.42 Å². The number of nitrogens with one attached hydrogen (secondary N) is 1. The fraction of sp³-hybridized carbons (Fsp3) is 1.00. The van der Waals surface area contributed by atoms with E-state index in [1.807, 2.05) is 4.72 Å². The molecule has 0 saturated heterocycles. The Bertz CT molecular complexity index is 203. The summed E-state index contributed by atoms with van der Waals surface area (Å²) < 4.78 is 30.6. The molecule has 0 radical (unpaired) electrons. The Morgan fingerprint density at radius 1 is 1.55 bits per heavy atom. The van der Waals surface area contributed by atoms with Gasteiger partial charge in [0.1, 0.15) is 4.84 Å².